The van der Waals surface area contributed by atoms with Crippen molar-refractivity contribution in [2.45, 2.75) is 18.4 Å². The maximum Gasteiger partial charge on any atom is 0.241 e. The fourth-order valence-corrected chi connectivity index (χ4v) is 2.79. The van der Waals surface area contributed by atoms with E-state index in [4.69, 9.17) is 0 Å². The summed E-state index contributed by atoms with van der Waals surface area (Å²) in [5, 5.41) is 6.31. The van der Waals surface area contributed by atoms with Crippen molar-refractivity contribution in [2.24, 2.45) is 0 Å². The lowest BCUT2D eigenvalue weighted by atomic mass is 10.2. The normalized spacial score (nSPS) is 11.7. The van der Waals surface area contributed by atoms with Gasteiger partial charge in [-0.15, -0.1) is 0 Å². The standard InChI is InChI=1S/C11H12FN3O2S/c1-8-4-10(12)2-3-11(8)18(16,17)15-7-9-5-13-14-6-9/h2-6,15H,7H2,1H3,(H,13,14). The van der Waals surface area contributed by atoms with E-state index in [2.05, 4.69) is 14.9 Å². The first-order valence-electron chi connectivity index (χ1n) is 5.22. The van der Waals surface area contributed by atoms with Crippen molar-refractivity contribution in [2.75, 3.05) is 0 Å². The van der Waals surface area contributed by atoms with E-state index in [9.17, 15) is 12.8 Å². The maximum absolute atomic E-state index is 12.9. The Balaban J connectivity index is 2.20. The van der Waals surface area contributed by atoms with E-state index in [1.807, 2.05) is 0 Å². The smallest absolute Gasteiger partial charge is 0.241 e. The molecule has 96 valence electrons. The summed E-state index contributed by atoms with van der Waals surface area (Å²) in [6.45, 7) is 1.69. The number of rotatable bonds is 4. The topological polar surface area (TPSA) is 74.8 Å². The van der Waals surface area contributed by atoms with Crippen LogP contribution in [0.2, 0.25) is 0 Å². The van der Waals surface area contributed by atoms with Gasteiger partial charge < -0.3 is 0 Å². The number of aryl methyl sites for hydroxylation is 1. The summed E-state index contributed by atoms with van der Waals surface area (Å²) in [6.07, 6.45) is 3.13. The van der Waals surface area contributed by atoms with Crippen LogP contribution in [0.3, 0.4) is 0 Å². The number of hydrogen-bond donors (Lipinski definition) is 2. The Hall–Kier alpha value is -1.73. The molecule has 0 amide bonds. The highest BCUT2D eigenvalue weighted by atomic mass is 32.2. The van der Waals surface area contributed by atoms with Crippen LogP contribution >= 0.6 is 0 Å². The number of aromatic amines is 1. The average Bonchev–Trinajstić information content (AvgIpc) is 2.78. The van der Waals surface area contributed by atoms with E-state index in [-0.39, 0.29) is 11.4 Å². The fraction of sp³-hybridized carbons (Fsp3) is 0.182. The lowest BCUT2D eigenvalue weighted by molar-refractivity contribution is 0.579. The van der Waals surface area contributed by atoms with Gasteiger partial charge in [0.15, 0.2) is 0 Å². The third-order valence-corrected chi connectivity index (χ3v) is 4.01. The van der Waals surface area contributed by atoms with E-state index in [1.165, 1.54) is 18.3 Å². The number of halogens is 1. The Bertz CT molecular complexity index is 638. The molecule has 0 atom stereocenters. The third-order valence-electron chi connectivity index (χ3n) is 2.45. The molecule has 0 bridgehead atoms. The van der Waals surface area contributed by atoms with Crippen LogP contribution in [-0.4, -0.2) is 18.6 Å². The SMILES string of the molecule is Cc1cc(F)ccc1S(=O)(=O)NCc1cn[nH]c1. The Morgan fingerprint density at radius 2 is 2.22 bits per heavy atom. The van der Waals surface area contributed by atoms with Gasteiger partial charge in [0.1, 0.15) is 5.82 Å². The van der Waals surface area contributed by atoms with Gasteiger partial charge in [-0.25, -0.2) is 17.5 Å². The maximum atomic E-state index is 12.9. The molecule has 2 N–H and O–H groups in total. The lowest BCUT2D eigenvalue weighted by Crippen LogP contribution is -2.23. The zero-order chi connectivity index (χ0) is 13.2. The van der Waals surface area contributed by atoms with Crippen LogP contribution < -0.4 is 4.72 Å². The van der Waals surface area contributed by atoms with Crippen molar-refractivity contribution in [3.05, 3.63) is 47.5 Å². The van der Waals surface area contributed by atoms with Gasteiger partial charge in [-0.05, 0) is 30.7 Å². The number of H-pyrrole nitrogens is 1. The van der Waals surface area contributed by atoms with Crippen molar-refractivity contribution in [3.63, 3.8) is 0 Å². The van der Waals surface area contributed by atoms with E-state index in [1.54, 1.807) is 13.1 Å². The van der Waals surface area contributed by atoms with E-state index < -0.39 is 15.8 Å². The molecule has 0 saturated carbocycles. The molecule has 1 aromatic heterocycles. The minimum atomic E-state index is -3.64. The van der Waals surface area contributed by atoms with Gasteiger partial charge in [0.05, 0.1) is 11.1 Å². The van der Waals surface area contributed by atoms with Gasteiger partial charge in [0.2, 0.25) is 10.0 Å². The predicted octanol–water partition coefficient (Wildman–Crippen LogP) is 1.34. The molecule has 0 aliphatic rings. The van der Waals surface area contributed by atoms with Crippen LogP contribution in [0.5, 0.6) is 0 Å². The number of nitrogens with one attached hydrogen (secondary N) is 2. The predicted molar refractivity (Wildman–Crippen MR) is 63.8 cm³/mol. The molecule has 0 aliphatic heterocycles. The molecule has 2 aromatic rings. The number of benzene rings is 1. The van der Waals surface area contributed by atoms with Gasteiger partial charge in [-0.3, -0.25) is 5.10 Å². The summed E-state index contributed by atoms with van der Waals surface area (Å²) in [5.74, 6) is -0.457. The summed E-state index contributed by atoms with van der Waals surface area (Å²) in [4.78, 5) is 0.0763. The minimum Gasteiger partial charge on any atom is -0.285 e. The van der Waals surface area contributed by atoms with Crippen molar-refractivity contribution < 1.29 is 12.8 Å². The van der Waals surface area contributed by atoms with Gasteiger partial charge in [-0.2, -0.15) is 5.10 Å². The van der Waals surface area contributed by atoms with Crippen LogP contribution in [0.15, 0.2) is 35.5 Å². The zero-order valence-electron chi connectivity index (χ0n) is 9.64. The first-order chi connectivity index (χ1) is 8.49. The number of hydrogen-bond acceptors (Lipinski definition) is 3. The van der Waals surface area contributed by atoms with Gasteiger partial charge in [0, 0.05) is 18.3 Å². The Kier molecular flexibility index (Phi) is 3.44. The fourth-order valence-electron chi connectivity index (χ4n) is 1.54. The summed E-state index contributed by atoms with van der Waals surface area (Å²) >= 11 is 0. The van der Waals surface area contributed by atoms with Gasteiger partial charge in [0.25, 0.3) is 0 Å². The molecule has 0 fully saturated rings. The molecule has 5 nitrogen and oxygen atoms in total. The second-order valence-electron chi connectivity index (χ2n) is 3.84. The van der Waals surface area contributed by atoms with Crippen LogP contribution in [0.25, 0.3) is 0 Å². The molecule has 0 saturated heterocycles. The van der Waals surface area contributed by atoms with Crippen molar-refractivity contribution in [1.29, 1.82) is 0 Å². The van der Waals surface area contributed by atoms with Crippen LogP contribution in [-0.2, 0) is 16.6 Å². The molecule has 2 rings (SSSR count). The Morgan fingerprint density at radius 3 is 2.83 bits per heavy atom. The van der Waals surface area contributed by atoms with Gasteiger partial charge in [-0.1, -0.05) is 0 Å². The molecular formula is C11H12FN3O2S. The summed E-state index contributed by atoms with van der Waals surface area (Å²) in [6, 6.07) is 3.56. The average molecular weight is 269 g/mol. The molecule has 0 aliphatic carbocycles. The molecule has 0 radical (unpaired) electrons. The van der Waals surface area contributed by atoms with Gasteiger partial charge >= 0.3 is 0 Å². The highest BCUT2D eigenvalue weighted by Crippen LogP contribution is 2.16. The minimum absolute atomic E-state index is 0.0763. The van der Waals surface area contributed by atoms with Crippen LogP contribution in [0.4, 0.5) is 4.39 Å². The molecule has 0 unspecified atom stereocenters. The molecule has 1 heterocycles. The van der Waals surface area contributed by atoms with Crippen LogP contribution in [0.1, 0.15) is 11.1 Å². The zero-order valence-corrected chi connectivity index (χ0v) is 10.5. The van der Waals surface area contributed by atoms with Crippen molar-refractivity contribution >= 4 is 10.0 Å². The van der Waals surface area contributed by atoms with Crippen molar-refractivity contribution in [3.8, 4) is 0 Å². The van der Waals surface area contributed by atoms with E-state index in [0.717, 1.165) is 11.6 Å². The summed E-state index contributed by atoms with van der Waals surface area (Å²) < 4.78 is 39.3. The second-order valence-corrected chi connectivity index (χ2v) is 5.58. The molecular weight excluding hydrogens is 257 g/mol. The largest absolute Gasteiger partial charge is 0.285 e. The van der Waals surface area contributed by atoms with E-state index >= 15 is 0 Å². The lowest BCUT2D eigenvalue weighted by Gasteiger charge is -2.08. The third kappa shape index (κ3) is 2.74. The first kappa shape index (κ1) is 12.7. The Morgan fingerprint density at radius 1 is 1.44 bits per heavy atom. The highest BCUT2D eigenvalue weighted by molar-refractivity contribution is 7.89. The van der Waals surface area contributed by atoms with Crippen LogP contribution in [0, 0.1) is 12.7 Å². The first-order valence-corrected chi connectivity index (χ1v) is 6.71. The molecule has 1 aromatic carbocycles. The molecule has 18 heavy (non-hydrogen) atoms. The monoisotopic (exact) mass is 269 g/mol. The Labute approximate surface area is 104 Å². The summed E-state index contributed by atoms with van der Waals surface area (Å²) in [5.41, 5.74) is 1.09. The molecule has 0 spiro atoms. The summed E-state index contributed by atoms with van der Waals surface area (Å²) in [7, 11) is -3.64. The number of nitrogens with zero attached hydrogens (tertiary/aromatic N) is 1. The number of sulfonamides is 1. The van der Waals surface area contributed by atoms with Crippen molar-refractivity contribution in [1.82, 2.24) is 14.9 Å². The van der Waals surface area contributed by atoms with E-state index in [0.29, 0.717) is 5.56 Å². The number of aromatic nitrogens is 2. The molecule has 7 heteroatoms. The quantitative estimate of drug-likeness (QED) is 0.879. The highest BCUT2D eigenvalue weighted by Gasteiger charge is 2.16. The second kappa shape index (κ2) is 4.87.